The van der Waals surface area contributed by atoms with Gasteiger partial charge in [0.15, 0.2) is 0 Å². The first-order valence-corrected chi connectivity index (χ1v) is 9.45. The number of rotatable bonds is 5. The summed E-state index contributed by atoms with van der Waals surface area (Å²) in [7, 11) is 0. The van der Waals surface area contributed by atoms with Crippen LogP contribution < -0.4 is 10.6 Å². The lowest BCUT2D eigenvalue weighted by Crippen LogP contribution is -2.45. The van der Waals surface area contributed by atoms with E-state index in [-0.39, 0.29) is 18.1 Å². The Morgan fingerprint density at radius 2 is 2.04 bits per heavy atom. The molecule has 128 valence electrons. The third-order valence-electron chi connectivity index (χ3n) is 4.24. The minimum Gasteiger partial charge on any atom is -0.336 e. The number of nitrogens with zero attached hydrogens (tertiary/aromatic N) is 1. The van der Waals surface area contributed by atoms with Crippen molar-refractivity contribution < 1.29 is 4.79 Å². The Bertz CT molecular complexity index is 652. The van der Waals surface area contributed by atoms with Crippen LogP contribution in [0.3, 0.4) is 0 Å². The molecule has 4 nitrogen and oxygen atoms in total. The maximum Gasteiger partial charge on any atom is 0.315 e. The molecule has 1 aromatic heterocycles. The molecule has 2 aromatic rings. The first kappa shape index (κ1) is 17.0. The maximum absolute atomic E-state index is 11.8. The van der Waals surface area contributed by atoms with Crippen LogP contribution in [0.25, 0.3) is 11.1 Å². The highest BCUT2D eigenvalue weighted by atomic mass is 32.1. The minimum absolute atomic E-state index is 0.0584. The lowest BCUT2D eigenvalue weighted by molar-refractivity contribution is 0.233. The zero-order chi connectivity index (χ0) is 16.9. The molecular weight excluding hydrogens is 318 g/mol. The summed E-state index contributed by atoms with van der Waals surface area (Å²) in [5.41, 5.74) is 3.88. The van der Waals surface area contributed by atoms with Crippen molar-refractivity contribution in [2.75, 3.05) is 13.1 Å². The topological polar surface area (TPSA) is 44.4 Å². The van der Waals surface area contributed by atoms with Gasteiger partial charge in [-0.1, -0.05) is 24.3 Å². The molecule has 2 heterocycles. The lowest BCUT2D eigenvalue weighted by Gasteiger charge is -2.18. The largest absolute Gasteiger partial charge is 0.336 e. The number of benzene rings is 1. The number of carbonyl (C=O) groups is 1. The van der Waals surface area contributed by atoms with Crippen molar-refractivity contribution in [1.29, 1.82) is 0 Å². The summed E-state index contributed by atoms with van der Waals surface area (Å²) in [6.07, 6.45) is 1.01. The van der Waals surface area contributed by atoms with Crippen LogP contribution in [0.5, 0.6) is 0 Å². The molecular formula is C19H25N3OS. The van der Waals surface area contributed by atoms with Gasteiger partial charge < -0.3 is 10.6 Å². The fourth-order valence-electron chi connectivity index (χ4n) is 3.07. The van der Waals surface area contributed by atoms with E-state index >= 15 is 0 Å². The number of amides is 2. The van der Waals surface area contributed by atoms with E-state index in [0.717, 1.165) is 26.1 Å². The number of nitrogens with one attached hydrogen (secondary N) is 2. The molecule has 1 saturated heterocycles. The van der Waals surface area contributed by atoms with Gasteiger partial charge in [-0.05, 0) is 53.8 Å². The Morgan fingerprint density at radius 3 is 2.71 bits per heavy atom. The molecule has 0 aliphatic carbocycles. The highest BCUT2D eigenvalue weighted by Crippen LogP contribution is 2.23. The molecule has 0 radical (unpaired) electrons. The molecule has 1 atom stereocenters. The summed E-state index contributed by atoms with van der Waals surface area (Å²) in [5.74, 6) is 0. The van der Waals surface area contributed by atoms with Gasteiger partial charge in [0.1, 0.15) is 0 Å². The van der Waals surface area contributed by atoms with Gasteiger partial charge in [-0.2, -0.15) is 11.3 Å². The summed E-state index contributed by atoms with van der Waals surface area (Å²) in [6, 6.07) is 11.3. The van der Waals surface area contributed by atoms with Crippen LogP contribution in [0.2, 0.25) is 0 Å². The monoisotopic (exact) mass is 343 g/mol. The summed E-state index contributed by atoms with van der Waals surface area (Å²) in [4.78, 5) is 14.2. The highest BCUT2D eigenvalue weighted by molar-refractivity contribution is 7.08. The highest BCUT2D eigenvalue weighted by Gasteiger charge is 2.23. The molecule has 1 aliphatic rings. The lowest BCUT2D eigenvalue weighted by atomic mass is 10.1. The summed E-state index contributed by atoms with van der Waals surface area (Å²) in [5, 5.41) is 10.2. The number of hydrogen-bond acceptors (Lipinski definition) is 3. The third kappa shape index (κ3) is 4.58. The van der Waals surface area contributed by atoms with Crippen molar-refractivity contribution >= 4 is 17.4 Å². The van der Waals surface area contributed by atoms with Crippen LogP contribution in [0.4, 0.5) is 4.79 Å². The number of thiophene rings is 1. The normalized spacial score (nSPS) is 18.0. The fourth-order valence-corrected chi connectivity index (χ4v) is 3.74. The Kier molecular flexibility index (Phi) is 5.53. The fraction of sp³-hybridized carbons (Fsp3) is 0.421. The third-order valence-corrected chi connectivity index (χ3v) is 4.93. The van der Waals surface area contributed by atoms with Gasteiger partial charge in [0.05, 0.1) is 0 Å². The van der Waals surface area contributed by atoms with Crippen molar-refractivity contribution in [3.8, 4) is 11.1 Å². The zero-order valence-electron chi connectivity index (χ0n) is 14.3. The number of carbonyl (C=O) groups excluding carboxylic acids is 1. The smallest absolute Gasteiger partial charge is 0.315 e. The second kappa shape index (κ2) is 7.81. The van der Waals surface area contributed by atoms with E-state index in [1.807, 2.05) is 13.8 Å². The van der Waals surface area contributed by atoms with Crippen molar-refractivity contribution in [1.82, 2.24) is 15.5 Å². The second-order valence-corrected chi connectivity index (χ2v) is 7.48. The van der Waals surface area contributed by atoms with E-state index in [9.17, 15) is 4.79 Å². The van der Waals surface area contributed by atoms with Crippen LogP contribution in [0.1, 0.15) is 25.8 Å². The summed E-state index contributed by atoms with van der Waals surface area (Å²) in [6.45, 7) is 6.82. The average molecular weight is 343 g/mol. The molecule has 0 saturated carbocycles. The predicted molar refractivity (Wildman–Crippen MR) is 100 cm³/mol. The van der Waals surface area contributed by atoms with Crippen molar-refractivity contribution in [3.63, 3.8) is 0 Å². The molecule has 2 N–H and O–H groups in total. The number of hydrogen-bond donors (Lipinski definition) is 2. The Morgan fingerprint density at radius 1 is 1.25 bits per heavy atom. The van der Waals surface area contributed by atoms with Gasteiger partial charge in [0, 0.05) is 31.7 Å². The van der Waals surface area contributed by atoms with Crippen LogP contribution in [0, 0.1) is 0 Å². The Hall–Kier alpha value is -1.85. The molecule has 1 aromatic carbocycles. The zero-order valence-corrected chi connectivity index (χ0v) is 15.1. The van der Waals surface area contributed by atoms with Gasteiger partial charge >= 0.3 is 6.03 Å². The van der Waals surface area contributed by atoms with Crippen LogP contribution >= 0.6 is 11.3 Å². The van der Waals surface area contributed by atoms with Gasteiger partial charge in [-0.15, -0.1) is 0 Å². The van der Waals surface area contributed by atoms with Gasteiger partial charge in [-0.3, -0.25) is 4.90 Å². The standard InChI is InChI=1S/C19H25N3OS/c1-14(2)20-19(23)21-18-7-9-22(12-18)11-15-3-5-16(6-4-15)17-8-10-24-13-17/h3-6,8,10,13-14,18H,7,9,11-12H2,1-2H3,(H2,20,21,23). The Labute approximate surface area is 147 Å². The molecule has 0 spiro atoms. The first-order valence-electron chi connectivity index (χ1n) is 8.51. The van der Waals surface area contributed by atoms with E-state index in [1.54, 1.807) is 11.3 Å². The van der Waals surface area contributed by atoms with E-state index in [4.69, 9.17) is 0 Å². The van der Waals surface area contributed by atoms with Crippen molar-refractivity contribution in [2.24, 2.45) is 0 Å². The first-order chi connectivity index (χ1) is 11.6. The molecule has 2 amide bonds. The van der Waals surface area contributed by atoms with Crippen LogP contribution in [-0.4, -0.2) is 36.1 Å². The molecule has 1 unspecified atom stereocenters. The maximum atomic E-state index is 11.8. The SMILES string of the molecule is CC(C)NC(=O)NC1CCN(Cc2ccc(-c3ccsc3)cc2)C1. The molecule has 1 fully saturated rings. The molecule has 1 aliphatic heterocycles. The Balaban J connectivity index is 1.49. The van der Waals surface area contributed by atoms with E-state index in [2.05, 4.69) is 56.6 Å². The average Bonchev–Trinajstić information content (AvgIpc) is 3.19. The van der Waals surface area contributed by atoms with Crippen molar-refractivity contribution in [3.05, 3.63) is 46.7 Å². The molecule has 3 rings (SSSR count). The van der Waals surface area contributed by atoms with Gasteiger partial charge in [0.2, 0.25) is 0 Å². The van der Waals surface area contributed by atoms with Gasteiger partial charge in [-0.25, -0.2) is 4.79 Å². The minimum atomic E-state index is -0.0584. The molecule has 5 heteroatoms. The molecule has 0 bridgehead atoms. The molecule has 24 heavy (non-hydrogen) atoms. The predicted octanol–water partition coefficient (Wildman–Crippen LogP) is 3.70. The van der Waals surface area contributed by atoms with E-state index in [0.29, 0.717) is 0 Å². The van der Waals surface area contributed by atoms with Gasteiger partial charge in [0.25, 0.3) is 0 Å². The number of likely N-dealkylation sites (tertiary alicyclic amines) is 1. The van der Waals surface area contributed by atoms with E-state index < -0.39 is 0 Å². The van der Waals surface area contributed by atoms with Crippen LogP contribution in [-0.2, 0) is 6.54 Å². The van der Waals surface area contributed by atoms with Crippen molar-refractivity contribution in [2.45, 2.75) is 38.9 Å². The summed E-state index contributed by atoms with van der Waals surface area (Å²) < 4.78 is 0. The van der Waals surface area contributed by atoms with Crippen LogP contribution in [0.15, 0.2) is 41.1 Å². The second-order valence-electron chi connectivity index (χ2n) is 6.70. The summed E-state index contributed by atoms with van der Waals surface area (Å²) >= 11 is 1.73. The van der Waals surface area contributed by atoms with E-state index in [1.165, 1.54) is 16.7 Å². The number of urea groups is 1. The quantitative estimate of drug-likeness (QED) is 0.869.